The summed E-state index contributed by atoms with van der Waals surface area (Å²) in [4.78, 5) is 36.5. The summed E-state index contributed by atoms with van der Waals surface area (Å²) in [7, 11) is 0. The fraction of sp³-hybridized carbons (Fsp3) is 0.407. The average molecular weight is 458 g/mol. The molecule has 3 aliphatic rings. The monoisotopic (exact) mass is 457 g/mol. The summed E-state index contributed by atoms with van der Waals surface area (Å²) in [5.41, 5.74) is 9.41. The zero-order valence-electron chi connectivity index (χ0n) is 19.7. The highest BCUT2D eigenvalue weighted by molar-refractivity contribution is 5.94. The smallest absolute Gasteiger partial charge is 0.253 e. The lowest BCUT2D eigenvalue weighted by molar-refractivity contribution is -0.122. The summed E-state index contributed by atoms with van der Waals surface area (Å²) in [6, 6.07) is 7.66. The second-order valence-electron chi connectivity index (χ2n) is 9.36. The molecule has 1 heterocycles. The summed E-state index contributed by atoms with van der Waals surface area (Å²) < 4.78 is 0. The van der Waals surface area contributed by atoms with Crippen LogP contribution in [0.4, 0.5) is 5.82 Å². The topological polar surface area (TPSA) is 101 Å². The summed E-state index contributed by atoms with van der Waals surface area (Å²) in [6.45, 7) is 5.34. The minimum absolute atomic E-state index is 0.0371. The normalized spacial score (nSPS) is 23.8. The van der Waals surface area contributed by atoms with Gasteiger partial charge in [0.2, 0.25) is 5.91 Å². The quantitative estimate of drug-likeness (QED) is 0.593. The van der Waals surface area contributed by atoms with Gasteiger partial charge in [-0.1, -0.05) is 36.4 Å². The Bertz CT molecular complexity index is 1180. The van der Waals surface area contributed by atoms with Crippen molar-refractivity contribution in [2.45, 2.75) is 39.2 Å². The largest absolute Gasteiger partial charge is 0.369 e. The van der Waals surface area contributed by atoms with Crippen molar-refractivity contribution in [1.29, 1.82) is 0 Å². The van der Waals surface area contributed by atoms with Crippen LogP contribution in [0, 0.1) is 17.8 Å². The number of carbonyl (C=O) groups is 2. The minimum atomic E-state index is -0.259. The number of hydrogen-bond donors (Lipinski definition) is 2. The molecule has 0 saturated heterocycles. The van der Waals surface area contributed by atoms with Gasteiger partial charge in [0.25, 0.3) is 5.91 Å². The van der Waals surface area contributed by atoms with Gasteiger partial charge < -0.3 is 16.0 Å². The molecule has 2 aromatic rings. The van der Waals surface area contributed by atoms with Crippen LogP contribution < -0.4 is 11.1 Å². The number of nitrogens with one attached hydrogen (secondary N) is 1. The number of hydrogen-bond acceptors (Lipinski definition) is 5. The van der Waals surface area contributed by atoms with Crippen LogP contribution >= 0.6 is 0 Å². The molecule has 1 saturated carbocycles. The van der Waals surface area contributed by atoms with E-state index in [0.717, 1.165) is 35.5 Å². The number of aromatic nitrogens is 2. The van der Waals surface area contributed by atoms with Gasteiger partial charge in [-0.05, 0) is 49.8 Å². The Morgan fingerprint density at radius 1 is 1.15 bits per heavy atom. The van der Waals surface area contributed by atoms with Crippen LogP contribution in [-0.4, -0.2) is 45.8 Å². The molecule has 1 aromatic carbocycles. The Balaban J connectivity index is 1.41. The number of benzene rings is 1. The van der Waals surface area contributed by atoms with E-state index in [2.05, 4.69) is 23.5 Å². The molecular weight excluding hydrogens is 426 g/mol. The molecule has 176 valence electrons. The van der Waals surface area contributed by atoms with E-state index < -0.39 is 0 Å². The number of nitrogens with zero attached hydrogens (tertiary/aromatic N) is 3. The number of nitrogens with two attached hydrogens (primary N) is 1. The maximum atomic E-state index is 12.8. The molecule has 0 spiro atoms. The first-order chi connectivity index (χ1) is 16.5. The van der Waals surface area contributed by atoms with Gasteiger partial charge in [0.15, 0.2) is 0 Å². The van der Waals surface area contributed by atoms with Crippen molar-refractivity contribution in [2.24, 2.45) is 23.5 Å². The Morgan fingerprint density at radius 3 is 2.71 bits per heavy atom. The maximum absolute atomic E-state index is 12.8. The summed E-state index contributed by atoms with van der Waals surface area (Å²) in [6.07, 6.45) is 10.7. The van der Waals surface area contributed by atoms with Gasteiger partial charge >= 0.3 is 0 Å². The maximum Gasteiger partial charge on any atom is 0.253 e. The Hall–Kier alpha value is -3.48. The number of allylic oxidation sites excluding steroid dienone is 2. The molecule has 0 radical (unpaired) electrons. The van der Waals surface area contributed by atoms with Crippen molar-refractivity contribution in [2.75, 3.05) is 18.4 Å². The van der Waals surface area contributed by atoms with Gasteiger partial charge in [-0.25, -0.2) is 9.97 Å². The average Bonchev–Trinajstić information content (AvgIpc) is 3.56. The zero-order chi connectivity index (χ0) is 23.8. The van der Waals surface area contributed by atoms with Gasteiger partial charge in [-0.3, -0.25) is 9.59 Å². The van der Waals surface area contributed by atoms with E-state index in [1.54, 1.807) is 0 Å². The lowest BCUT2D eigenvalue weighted by Gasteiger charge is -2.28. The van der Waals surface area contributed by atoms with Gasteiger partial charge in [0, 0.05) is 43.1 Å². The van der Waals surface area contributed by atoms with Gasteiger partial charge in [-0.2, -0.15) is 0 Å². The van der Waals surface area contributed by atoms with Crippen LogP contribution in [-0.2, 0) is 17.6 Å². The van der Waals surface area contributed by atoms with Crippen molar-refractivity contribution in [3.8, 4) is 0 Å². The SMILES string of the molecule is CCN(CC)C(=O)c1cccc(Cc2nc3c(c(NC4C5C=CC(C5)C4C(N)=O)n2)C=CC3)c1. The molecule has 2 amide bonds. The molecule has 1 aromatic heterocycles. The van der Waals surface area contributed by atoms with Crippen LogP contribution in [0.5, 0.6) is 0 Å². The van der Waals surface area contributed by atoms with Gasteiger partial charge in [0.1, 0.15) is 11.6 Å². The molecule has 1 fully saturated rings. The fourth-order valence-corrected chi connectivity index (χ4v) is 5.63. The molecule has 2 bridgehead atoms. The molecule has 4 atom stereocenters. The third-order valence-electron chi connectivity index (χ3n) is 7.34. The summed E-state index contributed by atoms with van der Waals surface area (Å²) in [5.74, 6) is 1.51. The van der Waals surface area contributed by atoms with Crippen molar-refractivity contribution in [1.82, 2.24) is 14.9 Å². The van der Waals surface area contributed by atoms with Crippen molar-refractivity contribution in [3.63, 3.8) is 0 Å². The first-order valence-electron chi connectivity index (χ1n) is 12.2. The fourth-order valence-electron chi connectivity index (χ4n) is 5.63. The molecule has 7 heteroatoms. The summed E-state index contributed by atoms with van der Waals surface area (Å²) >= 11 is 0. The third-order valence-corrected chi connectivity index (χ3v) is 7.34. The van der Waals surface area contributed by atoms with E-state index >= 15 is 0 Å². The molecule has 3 N–H and O–H groups in total. The first kappa shape index (κ1) is 22.3. The second kappa shape index (κ2) is 9.05. The zero-order valence-corrected chi connectivity index (χ0v) is 19.7. The highest BCUT2D eigenvalue weighted by atomic mass is 16.2. The second-order valence-corrected chi connectivity index (χ2v) is 9.36. The van der Waals surface area contributed by atoms with E-state index in [1.165, 1.54) is 0 Å². The predicted octanol–water partition coefficient (Wildman–Crippen LogP) is 3.21. The number of anilines is 1. The van der Waals surface area contributed by atoms with Crippen LogP contribution in [0.3, 0.4) is 0 Å². The number of rotatable bonds is 8. The molecule has 0 aliphatic heterocycles. The Labute approximate surface area is 200 Å². The number of primary amides is 1. The number of amides is 2. The highest BCUT2D eigenvalue weighted by Gasteiger charge is 2.47. The van der Waals surface area contributed by atoms with Crippen molar-refractivity contribution in [3.05, 3.63) is 70.7 Å². The van der Waals surface area contributed by atoms with E-state index in [0.29, 0.717) is 30.9 Å². The van der Waals surface area contributed by atoms with E-state index in [1.807, 2.05) is 49.1 Å². The van der Waals surface area contributed by atoms with Crippen molar-refractivity contribution >= 4 is 23.7 Å². The van der Waals surface area contributed by atoms with Crippen LogP contribution in [0.25, 0.3) is 6.08 Å². The Morgan fingerprint density at radius 2 is 1.94 bits per heavy atom. The number of fused-ring (bicyclic) bond motifs is 3. The molecule has 34 heavy (non-hydrogen) atoms. The summed E-state index contributed by atoms with van der Waals surface area (Å²) in [5, 5.41) is 3.57. The lowest BCUT2D eigenvalue weighted by atomic mass is 9.88. The number of carbonyl (C=O) groups excluding carboxylic acids is 2. The van der Waals surface area contributed by atoms with E-state index in [9.17, 15) is 9.59 Å². The third kappa shape index (κ3) is 4.00. The van der Waals surface area contributed by atoms with E-state index in [-0.39, 0.29) is 35.6 Å². The predicted molar refractivity (Wildman–Crippen MR) is 132 cm³/mol. The van der Waals surface area contributed by atoms with Crippen LogP contribution in [0.2, 0.25) is 0 Å². The standard InChI is InChI=1S/C27H31N5O2/c1-3-32(4-2)27(34)19-8-5-7-16(13-19)14-22-29-21-10-6-9-20(21)26(30-22)31-24-18-12-11-17(15-18)23(24)25(28)33/h5-9,11-13,17-18,23-24H,3-4,10,14-15H2,1-2H3,(H2,28,33)(H,29,30,31). The van der Waals surface area contributed by atoms with E-state index in [4.69, 9.17) is 15.7 Å². The highest BCUT2D eigenvalue weighted by Crippen LogP contribution is 2.45. The molecular formula is C27H31N5O2. The minimum Gasteiger partial charge on any atom is -0.369 e. The molecule has 5 rings (SSSR count). The molecule has 7 nitrogen and oxygen atoms in total. The lowest BCUT2D eigenvalue weighted by Crippen LogP contribution is -2.41. The molecule has 4 unspecified atom stereocenters. The molecule has 3 aliphatic carbocycles. The van der Waals surface area contributed by atoms with Crippen LogP contribution in [0.1, 0.15) is 53.3 Å². The van der Waals surface area contributed by atoms with Gasteiger partial charge in [-0.15, -0.1) is 0 Å². The van der Waals surface area contributed by atoms with Gasteiger partial charge in [0.05, 0.1) is 11.6 Å². The van der Waals surface area contributed by atoms with Crippen molar-refractivity contribution < 1.29 is 9.59 Å². The first-order valence-corrected chi connectivity index (χ1v) is 12.2. The Kier molecular flexibility index (Phi) is 5.94. The van der Waals surface area contributed by atoms with Crippen LogP contribution in [0.15, 0.2) is 42.5 Å².